The first-order valence-corrected chi connectivity index (χ1v) is 20.9. The van der Waals surface area contributed by atoms with Gasteiger partial charge in [-0.3, -0.25) is 19.2 Å². The van der Waals surface area contributed by atoms with Crippen molar-refractivity contribution in [2.75, 3.05) is 18.8 Å². The van der Waals surface area contributed by atoms with Crippen LogP contribution < -0.4 is 21.3 Å². The molecule has 5 aliphatic rings. The molecule has 13 heteroatoms. The summed E-state index contributed by atoms with van der Waals surface area (Å²) >= 11 is 0. The maximum absolute atomic E-state index is 14.7. The number of likely N-dealkylation sites (tertiary alicyclic amines) is 1. The van der Waals surface area contributed by atoms with Crippen molar-refractivity contribution in [2.45, 2.75) is 147 Å². The molecule has 4 N–H and O–H groups in total. The van der Waals surface area contributed by atoms with Crippen molar-refractivity contribution in [1.82, 2.24) is 26.2 Å². The highest BCUT2D eigenvalue weighted by atomic mass is 32.2. The number of piperidine rings is 1. The van der Waals surface area contributed by atoms with Gasteiger partial charge in [-0.05, 0) is 82.0 Å². The van der Waals surface area contributed by atoms with E-state index in [4.69, 9.17) is 0 Å². The second kappa shape index (κ2) is 15.2. The largest absolute Gasteiger partial charge is 0.346 e. The van der Waals surface area contributed by atoms with Gasteiger partial charge in [-0.15, -0.1) is 6.58 Å². The third-order valence-electron chi connectivity index (χ3n) is 12.6. The third-order valence-corrected chi connectivity index (χ3v) is 15.4. The molecule has 5 amide bonds. The molecular formula is C38H61N5O7S. The maximum atomic E-state index is 14.7. The van der Waals surface area contributed by atoms with E-state index < -0.39 is 61.9 Å². The van der Waals surface area contributed by atoms with E-state index in [-0.39, 0.29) is 47.3 Å². The Balaban J connectivity index is 1.37. The Morgan fingerprint density at radius 1 is 0.922 bits per heavy atom. The van der Waals surface area contributed by atoms with Crippen molar-refractivity contribution in [3.63, 3.8) is 0 Å². The molecule has 1 aliphatic heterocycles. The number of fused-ring (bicyclic) bond motifs is 1. The zero-order valence-electron chi connectivity index (χ0n) is 31.4. The summed E-state index contributed by atoms with van der Waals surface area (Å²) in [5, 5.41) is 11.5. The lowest BCUT2D eigenvalue weighted by Gasteiger charge is -2.41. The van der Waals surface area contributed by atoms with Crippen LogP contribution in [0.5, 0.6) is 0 Å². The van der Waals surface area contributed by atoms with Crippen LogP contribution in [-0.2, 0) is 29.0 Å². The number of nitrogens with zero attached hydrogens (tertiary/aromatic N) is 1. The highest BCUT2D eigenvalue weighted by molar-refractivity contribution is 7.92. The summed E-state index contributed by atoms with van der Waals surface area (Å²) in [5.74, 6) is -2.34. The molecule has 5 atom stereocenters. The molecule has 1 heterocycles. The van der Waals surface area contributed by atoms with Crippen LogP contribution in [0.15, 0.2) is 12.7 Å². The Morgan fingerprint density at radius 3 is 2.14 bits per heavy atom. The summed E-state index contributed by atoms with van der Waals surface area (Å²) in [6, 6.07) is -3.30. The van der Waals surface area contributed by atoms with Gasteiger partial charge in [0.1, 0.15) is 12.1 Å². The van der Waals surface area contributed by atoms with Gasteiger partial charge < -0.3 is 26.2 Å². The number of carbonyl (C=O) groups excluding carboxylic acids is 5. The molecule has 1 saturated heterocycles. The van der Waals surface area contributed by atoms with E-state index in [1.165, 1.54) is 6.08 Å². The summed E-state index contributed by atoms with van der Waals surface area (Å²) in [5.41, 5.74) is -1.12. The number of hydrogen-bond donors (Lipinski definition) is 4. The second-order valence-corrected chi connectivity index (χ2v) is 20.4. The van der Waals surface area contributed by atoms with Crippen molar-refractivity contribution in [3.8, 4) is 0 Å². The quantitative estimate of drug-likeness (QED) is 0.156. The average Bonchev–Trinajstić information content (AvgIpc) is 3.92. The van der Waals surface area contributed by atoms with Gasteiger partial charge in [-0.25, -0.2) is 13.2 Å². The molecule has 51 heavy (non-hydrogen) atoms. The van der Waals surface area contributed by atoms with Crippen LogP contribution >= 0.6 is 0 Å². The first-order valence-electron chi connectivity index (χ1n) is 19.3. The molecule has 0 radical (unpaired) electrons. The first-order chi connectivity index (χ1) is 23.9. The zero-order chi connectivity index (χ0) is 37.4. The topological polar surface area (TPSA) is 171 Å². The fourth-order valence-electron chi connectivity index (χ4n) is 8.96. The Bertz CT molecular complexity index is 1470. The Labute approximate surface area is 304 Å². The summed E-state index contributed by atoms with van der Waals surface area (Å²) in [6.45, 7) is 13.3. The minimum absolute atomic E-state index is 0.0830. The van der Waals surface area contributed by atoms with Gasteiger partial charge in [-0.2, -0.15) is 0 Å². The molecule has 1 unspecified atom stereocenters. The standard InChI is InChI=1S/C38H61N5O7S/c1-7-20-39-33(46)31(44)27(21-24-16-17-24)40-32(45)30-28-26(37(28,5)6)22-43(30)34(47)29(25-14-10-8-11-15-25)41-35(48)42-38(18-12-9-13-19-38)23-51(49,50)36(2,3)4/h7,24-30H,1,8-23H2,2-6H3,(H,39,46)(H,40,45)(H2,41,42,48)/t26-,27?,28-,29-,30-/m0/s1. The minimum atomic E-state index is -3.55. The summed E-state index contributed by atoms with van der Waals surface area (Å²) in [7, 11) is -3.55. The van der Waals surface area contributed by atoms with Crippen LogP contribution in [0, 0.1) is 29.1 Å². The molecule has 0 aromatic heterocycles. The Morgan fingerprint density at radius 2 is 1.55 bits per heavy atom. The van der Waals surface area contributed by atoms with Gasteiger partial charge in [0.2, 0.25) is 17.6 Å². The number of carbonyl (C=O) groups is 5. The van der Waals surface area contributed by atoms with Gasteiger partial charge >= 0.3 is 6.03 Å². The van der Waals surface area contributed by atoms with Gasteiger partial charge in [0.15, 0.2) is 9.84 Å². The number of rotatable bonds is 14. The molecule has 0 aromatic carbocycles. The third kappa shape index (κ3) is 8.82. The highest BCUT2D eigenvalue weighted by Gasteiger charge is 2.70. The van der Waals surface area contributed by atoms with Gasteiger partial charge in [0, 0.05) is 13.1 Å². The molecular weight excluding hydrogens is 671 g/mol. The maximum Gasteiger partial charge on any atom is 0.315 e. The lowest BCUT2D eigenvalue weighted by atomic mass is 9.82. The molecule has 0 spiro atoms. The molecule has 0 bridgehead atoms. The van der Waals surface area contributed by atoms with E-state index in [0.29, 0.717) is 25.8 Å². The van der Waals surface area contributed by atoms with E-state index in [9.17, 15) is 32.4 Å². The van der Waals surface area contributed by atoms with E-state index in [0.717, 1.165) is 64.2 Å². The Kier molecular flexibility index (Phi) is 11.7. The predicted octanol–water partition coefficient (Wildman–Crippen LogP) is 3.79. The van der Waals surface area contributed by atoms with Gasteiger partial charge in [0.25, 0.3) is 5.91 Å². The zero-order valence-corrected chi connectivity index (χ0v) is 32.2. The van der Waals surface area contributed by atoms with Crippen LogP contribution in [0.25, 0.3) is 0 Å². The fraction of sp³-hybridized carbons (Fsp3) is 0.816. The van der Waals surface area contributed by atoms with Crippen molar-refractivity contribution in [2.24, 2.45) is 29.1 Å². The molecule has 12 nitrogen and oxygen atoms in total. The minimum Gasteiger partial charge on any atom is -0.346 e. The highest BCUT2D eigenvalue weighted by Crippen LogP contribution is 2.65. The molecule has 4 aliphatic carbocycles. The lowest BCUT2D eigenvalue weighted by Crippen LogP contribution is -2.63. The Hall–Kier alpha value is -2.96. The summed E-state index contributed by atoms with van der Waals surface area (Å²) < 4.78 is 25.8. The normalized spacial score (nSPS) is 26.9. The average molecular weight is 732 g/mol. The van der Waals surface area contributed by atoms with Crippen LogP contribution in [0.3, 0.4) is 0 Å². The molecule has 0 aromatic rings. The lowest BCUT2D eigenvalue weighted by molar-refractivity contribution is -0.144. The van der Waals surface area contributed by atoms with E-state index >= 15 is 0 Å². The van der Waals surface area contributed by atoms with Crippen molar-refractivity contribution >= 4 is 39.4 Å². The SMILES string of the molecule is C=CCNC(=O)C(=O)C(CC1CC1)NC(=O)[C@@H]1[C@@H]2[C@H](CN1C(=O)[C@@H](NC(=O)NC1(CS(=O)(=O)C(C)(C)C)CCCCC1)C1CCCCC1)C2(C)C. The van der Waals surface area contributed by atoms with E-state index in [1.807, 2.05) is 0 Å². The monoisotopic (exact) mass is 731 g/mol. The van der Waals surface area contributed by atoms with Gasteiger partial charge in [-0.1, -0.05) is 71.3 Å². The van der Waals surface area contributed by atoms with Crippen molar-refractivity contribution in [3.05, 3.63) is 12.7 Å². The van der Waals surface area contributed by atoms with Gasteiger partial charge in [0.05, 0.1) is 22.1 Å². The van der Waals surface area contributed by atoms with Crippen LogP contribution in [0.4, 0.5) is 4.79 Å². The number of nitrogens with one attached hydrogen (secondary N) is 4. The summed E-state index contributed by atoms with van der Waals surface area (Å²) in [6.07, 6.45) is 11.7. The number of sulfone groups is 1. The van der Waals surface area contributed by atoms with E-state index in [1.54, 1.807) is 25.7 Å². The first kappa shape index (κ1) is 39.3. The molecule has 286 valence electrons. The summed E-state index contributed by atoms with van der Waals surface area (Å²) in [4.78, 5) is 70.3. The number of urea groups is 1. The number of Topliss-reactive ketones (excluding diaryl/α,β-unsaturated/α-hetero) is 1. The van der Waals surface area contributed by atoms with Crippen LogP contribution in [-0.4, -0.2) is 90.1 Å². The fourth-order valence-corrected chi connectivity index (χ4v) is 10.5. The van der Waals surface area contributed by atoms with Crippen molar-refractivity contribution in [1.29, 1.82) is 0 Å². The van der Waals surface area contributed by atoms with E-state index in [2.05, 4.69) is 41.7 Å². The number of hydrogen-bond acceptors (Lipinski definition) is 7. The second-order valence-electron chi connectivity index (χ2n) is 17.7. The van der Waals surface area contributed by atoms with Crippen LogP contribution in [0.2, 0.25) is 0 Å². The molecule has 5 rings (SSSR count). The number of amides is 5. The number of ketones is 1. The van der Waals surface area contributed by atoms with Crippen molar-refractivity contribution < 1.29 is 32.4 Å². The smallest absolute Gasteiger partial charge is 0.315 e. The predicted molar refractivity (Wildman–Crippen MR) is 195 cm³/mol. The molecule has 4 saturated carbocycles. The molecule has 5 fully saturated rings. The van der Waals surface area contributed by atoms with Crippen LogP contribution in [0.1, 0.15) is 118 Å².